The minimum Gasteiger partial charge on any atom is -0.478 e. The SMILES string of the molecule is CCCCCCCCCCC/C=C/CCCOC(=O)c1ccccc1C(=O)O. The second kappa shape index (κ2) is 15.9. The normalized spacial score (nSPS) is 11.0. The molecule has 0 aliphatic heterocycles. The number of hydrogen-bond acceptors (Lipinski definition) is 3. The lowest BCUT2D eigenvalue weighted by Gasteiger charge is -2.06. The van der Waals surface area contributed by atoms with Crippen molar-refractivity contribution in [3.63, 3.8) is 0 Å². The number of aromatic carboxylic acids is 1. The molecule has 28 heavy (non-hydrogen) atoms. The summed E-state index contributed by atoms with van der Waals surface area (Å²) < 4.78 is 5.19. The molecule has 0 atom stereocenters. The summed E-state index contributed by atoms with van der Waals surface area (Å²) in [6.07, 6.45) is 19.2. The summed E-state index contributed by atoms with van der Waals surface area (Å²) in [4.78, 5) is 23.1. The zero-order chi connectivity index (χ0) is 20.5. The lowest BCUT2D eigenvalue weighted by atomic mass is 10.1. The van der Waals surface area contributed by atoms with E-state index < -0.39 is 11.9 Å². The monoisotopic (exact) mass is 388 g/mol. The van der Waals surface area contributed by atoms with Crippen LogP contribution in [0.3, 0.4) is 0 Å². The van der Waals surface area contributed by atoms with Gasteiger partial charge in [-0.25, -0.2) is 9.59 Å². The molecule has 0 spiro atoms. The maximum atomic E-state index is 12.0. The molecular weight excluding hydrogens is 352 g/mol. The van der Waals surface area contributed by atoms with Crippen LogP contribution in [0.2, 0.25) is 0 Å². The number of benzene rings is 1. The summed E-state index contributed by atoms with van der Waals surface area (Å²) >= 11 is 0. The van der Waals surface area contributed by atoms with E-state index in [0.717, 1.165) is 19.3 Å². The van der Waals surface area contributed by atoms with Gasteiger partial charge in [0, 0.05) is 0 Å². The molecule has 0 saturated heterocycles. The van der Waals surface area contributed by atoms with Crippen LogP contribution in [0.4, 0.5) is 0 Å². The van der Waals surface area contributed by atoms with Crippen molar-refractivity contribution in [2.45, 2.75) is 84.0 Å². The van der Waals surface area contributed by atoms with E-state index in [9.17, 15) is 9.59 Å². The number of carboxylic acids is 1. The van der Waals surface area contributed by atoms with E-state index in [1.54, 1.807) is 12.1 Å². The predicted octanol–water partition coefficient (Wildman–Crippen LogP) is 6.80. The minimum atomic E-state index is -1.12. The van der Waals surface area contributed by atoms with Crippen molar-refractivity contribution in [1.29, 1.82) is 0 Å². The second-order valence-electron chi connectivity index (χ2n) is 7.22. The molecule has 1 rings (SSSR count). The van der Waals surface area contributed by atoms with E-state index >= 15 is 0 Å². The van der Waals surface area contributed by atoms with Crippen molar-refractivity contribution in [3.8, 4) is 0 Å². The van der Waals surface area contributed by atoms with Crippen molar-refractivity contribution in [3.05, 3.63) is 47.5 Å². The van der Waals surface area contributed by atoms with Crippen LogP contribution in [-0.4, -0.2) is 23.7 Å². The molecule has 0 aliphatic rings. The first-order valence-electron chi connectivity index (χ1n) is 10.8. The Kier molecular flexibility index (Phi) is 13.6. The third-order valence-electron chi connectivity index (χ3n) is 4.77. The van der Waals surface area contributed by atoms with Crippen LogP contribution in [0, 0.1) is 0 Å². The first kappa shape index (κ1) is 23.9. The molecule has 0 aliphatic carbocycles. The molecule has 156 valence electrons. The largest absolute Gasteiger partial charge is 0.478 e. The van der Waals surface area contributed by atoms with Gasteiger partial charge in [0.2, 0.25) is 0 Å². The number of esters is 1. The van der Waals surface area contributed by atoms with Crippen LogP contribution < -0.4 is 0 Å². The molecule has 0 unspecified atom stereocenters. The van der Waals surface area contributed by atoms with Crippen molar-refractivity contribution < 1.29 is 19.4 Å². The van der Waals surface area contributed by atoms with Crippen LogP contribution in [0.25, 0.3) is 0 Å². The Balaban J connectivity index is 2.01. The maximum Gasteiger partial charge on any atom is 0.339 e. The Morgan fingerprint density at radius 2 is 1.36 bits per heavy atom. The van der Waals surface area contributed by atoms with Crippen molar-refractivity contribution >= 4 is 11.9 Å². The van der Waals surface area contributed by atoms with Gasteiger partial charge in [-0.1, -0.05) is 82.6 Å². The van der Waals surface area contributed by atoms with Crippen LogP contribution in [0.1, 0.15) is 105 Å². The van der Waals surface area contributed by atoms with Gasteiger partial charge in [-0.15, -0.1) is 0 Å². The molecule has 0 aromatic heterocycles. The highest BCUT2D eigenvalue weighted by Crippen LogP contribution is 2.12. The summed E-state index contributed by atoms with van der Waals surface area (Å²) in [5.74, 6) is -1.69. The number of carboxylic acid groups (broad SMARTS) is 1. The highest BCUT2D eigenvalue weighted by atomic mass is 16.5. The number of allylic oxidation sites excluding steroid dienone is 2. The Labute approximate surface area is 170 Å². The average Bonchev–Trinajstić information content (AvgIpc) is 2.70. The van der Waals surface area contributed by atoms with Gasteiger partial charge in [0.25, 0.3) is 0 Å². The van der Waals surface area contributed by atoms with Gasteiger partial charge in [0.1, 0.15) is 0 Å². The first-order chi connectivity index (χ1) is 13.7. The lowest BCUT2D eigenvalue weighted by molar-refractivity contribution is 0.0491. The smallest absolute Gasteiger partial charge is 0.339 e. The van der Waals surface area contributed by atoms with E-state index in [2.05, 4.69) is 19.1 Å². The Morgan fingerprint density at radius 1 is 0.821 bits per heavy atom. The third kappa shape index (κ3) is 10.9. The maximum absolute atomic E-state index is 12.0. The van der Waals surface area contributed by atoms with Gasteiger partial charge < -0.3 is 9.84 Å². The molecule has 1 aromatic rings. The zero-order valence-electron chi connectivity index (χ0n) is 17.3. The number of carbonyl (C=O) groups excluding carboxylic acids is 1. The Hall–Kier alpha value is -2.10. The third-order valence-corrected chi connectivity index (χ3v) is 4.77. The minimum absolute atomic E-state index is 0.0200. The Morgan fingerprint density at radius 3 is 1.96 bits per heavy atom. The van der Waals surface area contributed by atoms with Gasteiger partial charge >= 0.3 is 11.9 Å². The van der Waals surface area contributed by atoms with Crippen molar-refractivity contribution in [2.24, 2.45) is 0 Å². The van der Waals surface area contributed by atoms with Crippen molar-refractivity contribution in [2.75, 3.05) is 6.61 Å². The fraction of sp³-hybridized carbons (Fsp3) is 0.583. The fourth-order valence-electron chi connectivity index (χ4n) is 3.10. The zero-order valence-corrected chi connectivity index (χ0v) is 17.3. The molecule has 0 amide bonds. The quantitative estimate of drug-likeness (QED) is 0.192. The lowest BCUT2D eigenvalue weighted by Crippen LogP contribution is -2.12. The predicted molar refractivity (Wildman–Crippen MR) is 114 cm³/mol. The number of carbonyl (C=O) groups is 2. The second-order valence-corrected chi connectivity index (χ2v) is 7.22. The van der Waals surface area contributed by atoms with Gasteiger partial charge in [-0.3, -0.25) is 0 Å². The number of rotatable bonds is 16. The van der Waals surface area contributed by atoms with Gasteiger partial charge in [-0.05, 0) is 37.8 Å². The summed E-state index contributed by atoms with van der Waals surface area (Å²) in [5, 5.41) is 9.10. The summed E-state index contributed by atoms with van der Waals surface area (Å²) in [6.45, 7) is 2.55. The fourth-order valence-corrected chi connectivity index (χ4v) is 3.10. The van der Waals surface area contributed by atoms with Gasteiger partial charge in [-0.2, -0.15) is 0 Å². The summed E-state index contributed by atoms with van der Waals surface area (Å²) in [6, 6.07) is 6.13. The van der Waals surface area contributed by atoms with Gasteiger partial charge in [0.15, 0.2) is 0 Å². The molecular formula is C24H36O4. The summed E-state index contributed by atoms with van der Waals surface area (Å²) in [5.41, 5.74) is 0.0873. The molecule has 0 bridgehead atoms. The van der Waals surface area contributed by atoms with Crippen molar-refractivity contribution in [1.82, 2.24) is 0 Å². The number of unbranched alkanes of at least 4 members (excludes halogenated alkanes) is 10. The summed E-state index contributed by atoms with van der Waals surface area (Å²) in [7, 11) is 0. The molecule has 0 fully saturated rings. The Bertz CT molecular complexity index is 592. The molecule has 0 heterocycles. The number of ether oxygens (including phenoxy) is 1. The van der Waals surface area contributed by atoms with E-state index in [1.807, 2.05) is 0 Å². The van der Waals surface area contributed by atoms with Crippen LogP contribution in [0.15, 0.2) is 36.4 Å². The standard InChI is InChI=1S/C24H36O4/c1-2-3-4-5-6-7-8-9-10-11-12-13-14-17-20-28-24(27)22-19-16-15-18-21(22)23(25)26/h12-13,15-16,18-19H,2-11,14,17,20H2,1H3,(H,25,26)/b13-12+. The van der Waals surface area contributed by atoms with E-state index in [1.165, 1.54) is 69.9 Å². The number of hydrogen-bond donors (Lipinski definition) is 1. The molecule has 0 saturated carbocycles. The molecule has 1 aromatic carbocycles. The first-order valence-corrected chi connectivity index (χ1v) is 10.8. The highest BCUT2D eigenvalue weighted by molar-refractivity contribution is 6.02. The molecule has 1 N–H and O–H groups in total. The van der Waals surface area contributed by atoms with E-state index in [0.29, 0.717) is 6.61 Å². The van der Waals surface area contributed by atoms with Gasteiger partial charge in [0.05, 0.1) is 17.7 Å². The highest BCUT2D eigenvalue weighted by Gasteiger charge is 2.16. The molecule has 0 radical (unpaired) electrons. The topological polar surface area (TPSA) is 63.6 Å². The van der Waals surface area contributed by atoms with Crippen LogP contribution >= 0.6 is 0 Å². The average molecular weight is 389 g/mol. The molecule has 4 nitrogen and oxygen atoms in total. The van der Waals surface area contributed by atoms with Crippen LogP contribution in [-0.2, 0) is 4.74 Å². The molecule has 4 heteroatoms. The van der Waals surface area contributed by atoms with Crippen LogP contribution in [0.5, 0.6) is 0 Å². The van der Waals surface area contributed by atoms with E-state index in [-0.39, 0.29) is 11.1 Å². The van der Waals surface area contributed by atoms with E-state index in [4.69, 9.17) is 9.84 Å².